The van der Waals surface area contributed by atoms with Gasteiger partial charge >= 0.3 is 18.0 Å². The number of nitrogens with zero attached hydrogens (tertiary/aromatic N) is 6. The zero-order valence-corrected chi connectivity index (χ0v) is 41.6. The molecular formula is C50H57ClN10O13. The predicted octanol–water partition coefficient (Wildman–Crippen LogP) is 6.94. The molecule has 0 aliphatic carbocycles. The van der Waals surface area contributed by atoms with Crippen LogP contribution in [0.4, 0.5) is 35.2 Å². The van der Waals surface area contributed by atoms with E-state index < -0.39 is 11.2 Å². The Hall–Kier alpha value is -7.83. The van der Waals surface area contributed by atoms with Gasteiger partial charge in [0.1, 0.15) is 55.0 Å². The lowest BCUT2D eigenvalue weighted by Gasteiger charge is -2.13. The highest BCUT2D eigenvalue weighted by atomic mass is 35.5. The van der Waals surface area contributed by atoms with Gasteiger partial charge in [0.05, 0.1) is 71.6 Å². The van der Waals surface area contributed by atoms with Crippen molar-refractivity contribution in [2.75, 3.05) is 114 Å². The van der Waals surface area contributed by atoms with Gasteiger partial charge in [-0.25, -0.2) is 4.79 Å². The molecule has 6 aromatic rings. The average molecular weight is 1040 g/mol. The van der Waals surface area contributed by atoms with Crippen LogP contribution in [-0.2, 0) is 32.0 Å². The fourth-order valence-corrected chi connectivity index (χ4v) is 6.83. The van der Waals surface area contributed by atoms with Crippen LogP contribution >= 0.6 is 11.6 Å². The number of carboxylic acids is 1. The van der Waals surface area contributed by atoms with Crippen molar-refractivity contribution in [1.82, 2.24) is 29.9 Å². The van der Waals surface area contributed by atoms with E-state index in [0.717, 1.165) is 22.6 Å². The van der Waals surface area contributed by atoms with Crippen LogP contribution in [0, 0.1) is 0 Å². The van der Waals surface area contributed by atoms with E-state index in [0.29, 0.717) is 115 Å². The van der Waals surface area contributed by atoms with Crippen molar-refractivity contribution < 1.29 is 62.1 Å². The van der Waals surface area contributed by atoms with Gasteiger partial charge in [0.25, 0.3) is 5.24 Å². The second-order valence-electron chi connectivity index (χ2n) is 15.5. The Morgan fingerprint density at radius 3 is 1.28 bits per heavy atom. The lowest BCUT2D eigenvalue weighted by Crippen LogP contribution is -2.14. The lowest BCUT2D eigenvalue weighted by molar-refractivity contribution is 0.0272. The standard InChI is InChI=1S/C25H28ClN5O6.C25H29N5O7/c1-2-35-25-30-23-27-16-17-3-6-19(7-4-17)36-13-11-33-9-10-34-12-14-37-21-15-18(28-24(29-23)31-25)5-8-20(21)22(26)32;1-2-35-25-29-23-26-16-17-3-6-19(7-4-17)36-13-11-33-9-10-34-12-14-37-21-15-18(27-24(28-23)30-25)5-8-20(21)22(31)32/h3-8,15H,2,9-14,16H2,1H3,(H2,27,28,29,30,31);3-8,15H,2,9-14,16H2,1H3,(H,31,32)(H2,26,27,28,29,30). The number of halogens is 1. The Labute approximate surface area is 431 Å². The molecule has 0 fully saturated rings. The second kappa shape index (κ2) is 29.0. The number of nitrogens with one attached hydrogen (secondary N) is 4. The van der Waals surface area contributed by atoms with Gasteiger partial charge in [-0.15, -0.1) is 0 Å². The van der Waals surface area contributed by atoms with E-state index in [-0.39, 0.29) is 60.6 Å². The maximum atomic E-state index is 11.9. The lowest BCUT2D eigenvalue weighted by atomic mass is 10.2. The monoisotopic (exact) mass is 1040 g/mol. The van der Waals surface area contributed by atoms with Gasteiger partial charge in [-0.05, 0) is 85.1 Å². The minimum Gasteiger partial charge on any atom is -0.491 e. The fraction of sp³-hybridized carbons (Fsp3) is 0.360. The summed E-state index contributed by atoms with van der Waals surface area (Å²) < 4.78 is 56.0. The van der Waals surface area contributed by atoms with Gasteiger partial charge in [0.15, 0.2) is 0 Å². The molecule has 24 heteroatoms. The molecule has 0 saturated carbocycles. The van der Waals surface area contributed by atoms with Crippen molar-refractivity contribution in [3.8, 4) is 35.0 Å². The van der Waals surface area contributed by atoms with Crippen LogP contribution in [0.25, 0.3) is 0 Å². The van der Waals surface area contributed by atoms with Gasteiger partial charge in [0.2, 0.25) is 23.8 Å². The Morgan fingerprint density at radius 2 is 0.878 bits per heavy atom. The van der Waals surface area contributed by atoms with Gasteiger partial charge in [-0.3, -0.25) is 4.79 Å². The van der Waals surface area contributed by atoms with E-state index in [1.807, 2.05) is 62.4 Å². The Balaban J connectivity index is 0.000000216. The molecule has 23 nitrogen and oxygen atoms in total. The van der Waals surface area contributed by atoms with Gasteiger partial charge < -0.3 is 73.7 Å². The minimum atomic E-state index is -1.10. The number of carbonyl (C=O) groups excluding carboxylic acids is 1. The Morgan fingerprint density at radius 1 is 0.500 bits per heavy atom. The highest BCUT2D eigenvalue weighted by Crippen LogP contribution is 2.29. The zero-order chi connectivity index (χ0) is 51.7. The van der Waals surface area contributed by atoms with Crippen LogP contribution in [0.2, 0.25) is 0 Å². The number of carbonyl (C=O) groups is 2. The molecule has 4 aliphatic heterocycles. The van der Waals surface area contributed by atoms with Crippen molar-refractivity contribution in [2.45, 2.75) is 26.9 Å². The number of benzene rings is 4. The van der Waals surface area contributed by atoms with Crippen LogP contribution in [-0.4, -0.2) is 139 Å². The first-order valence-electron chi connectivity index (χ1n) is 23.7. The number of carboxylic acid groups (broad SMARTS) is 1. The molecule has 0 spiro atoms. The summed E-state index contributed by atoms with van der Waals surface area (Å²) in [4.78, 5) is 49.7. The summed E-state index contributed by atoms with van der Waals surface area (Å²) in [5.74, 6) is 2.00. The SMILES string of the molecule is CCOc1nc2nc(n1)Nc1ccc(C(=O)Cl)c(c1)OCCOCCOCCOc1ccc(cc1)CN2.CCOc1nc2nc(n1)Nc1ccc(C(=O)O)c(c1)OCCOCCOCCOc1ccc(cc1)CN2. The van der Waals surface area contributed by atoms with E-state index >= 15 is 0 Å². The number of hydrogen-bond acceptors (Lipinski definition) is 22. The van der Waals surface area contributed by atoms with Crippen molar-refractivity contribution in [3.63, 3.8) is 0 Å². The van der Waals surface area contributed by atoms with Crippen LogP contribution < -0.4 is 49.7 Å². The van der Waals surface area contributed by atoms with E-state index in [4.69, 9.17) is 59.0 Å². The number of ether oxygens (including phenoxy) is 10. The van der Waals surface area contributed by atoms with E-state index in [2.05, 4.69) is 51.2 Å². The molecular weight excluding hydrogens is 984 g/mol. The normalized spacial score (nSPS) is 14.9. The summed E-state index contributed by atoms with van der Waals surface area (Å²) in [5, 5.41) is 21.5. The van der Waals surface area contributed by atoms with E-state index in [1.54, 1.807) is 30.3 Å². The number of aromatic nitrogens is 6. The summed E-state index contributed by atoms with van der Waals surface area (Å²) in [6.07, 6.45) is 0. The summed E-state index contributed by atoms with van der Waals surface area (Å²) in [6.45, 7) is 9.64. The number of hydrogen-bond donors (Lipinski definition) is 5. The van der Waals surface area contributed by atoms with Crippen molar-refractivity contribution >= 4 is 58.0 Å². The summed E-state index contributed by atoms with van der Waals surface area (Å²) in [6, 6.07) is 25.2. The van der Waals surface area contributed by atoms with Crippen LogP contribution in [0.3, 0.4) is 0 Å². The maximum absolute atomic E-state index is 11.9. The van der Waals surface area contributed by atoms with Crippen molar-refractivity contribution in [3.05, 3.63) is 107 Å². The molecule has 0 unspecified atom stereocenters. The molecule has 4 aliphatic rings. The summed E-state index contributed by atoms with van der Waals surface area (Å²) >= 11 is 5.74. The predicted molar refractivity (Wildman–Crippen MR) is 271 cm³/mol. The molecule has 392 valence electrons. The van der Waals surface area contributed by atoms with Crippen molar-refractivity contribution in [1.29, 1.82) is 0 Å². The van der Waals surface area contributed by atoms with Crippen LogP contribution in [0.15, 0.2) is 84.9 Å². The summed E-state index contributed by atoms with van der Waals surface area (Å²) in [7, 11) is 0. The van der Waals surface area contributed by atoms with Gasteiger partial charge in [-0.1, -0.05) is 24.3 Å². The molecule has 10 rings (SSSR count). The Bertz CT molecular complexity index is 2540. The van der Waals surface area contributed by atoms with Crippen LogP contribution in [0.1, 0.15) is 45.7 Å². The third-order valence-corrected chi connectivity index (χ3v) is 10.4. The molecule has 4 aromatic carbocycles. The zero-order valence-electron chi connectivity index (χ0n) is 40.8. The maximum Gasteiger partial charge on any atom is 0.339 e. The van der Waals surface area contributed by atoms with E-state index in [9.17, 15) is 14.7 Å². The minimum absolute atomic E-state index is 0.0262. The number of fused-ring (bicyclic) bond motifs is 24. The van der Waals surface area contributed by atoms with Gasteiger partial charge in [0, 0.05) is 36.6 Å². The average Bonchev–Trinajstić information content (AvgIpc) is 3.39. The van der Waals surface area contributed by atoms with Gasteiger partial charge in [-0.2, -0.15) is 29.9 Å². The molecule has 2 aromatic heterocycles. The molecule has 12 bridgehead atoms. The molecule has 6 heterocycles. The first kappa shape index (κ1) is 54.0. The van der Waals surface area contributed by atoms with Crippen molar-refractivity contribution in [2.24, 2.45) is 0 Å². The molecule has 0 atom stereocenters. The molecule has 74 heavy (non-hydrogen) atoms. The fourth-order valence-electron chi connectivity index (χ4n) is 6.68. The smallest absolute Gasteiger partial charge is 0.339 e. The highest BCUT2D eigenvalue weighted by molar-refractivity contribution is 6.68. The number of aromatic carboxylic acids is 1. The summed E-state index contributed by atoms with van der Waals surface area (Å²) in [5.41, 5.74) is 3.38. The number of rotatable bonds is 6. The largest absolute Gasteiger partial charge is 0.491 e. The first-order valence-corrected chi connectivity index (χ1v) is 24.1. The highest BCUT2D eigenvalue weighted by Gasteiger charge is 2.17. The quantitative estimate of drug-likeness (QED) is 0.0835. The molecule has 0 amide bonds. The molecule has 0 radical (unpaired) electrons. The Kier molecular flexibility index (Phi) is 21.2. The van der Waals surface area contributed by atoms with E-state index in [1.165, 1.54) is 6.07 Å². The number of anilines is 6. The molecule has 0 saturated heterocycles. The second-order valence-corrected chi connectivity index (χ2v) is 15.8. The first-order chi connectivity index (χ1) is 36.2. The third kappa shape index (κ3) is 17.7. The topological polar surface area (TPSA) is 272 Å². The van der Waals surface area contributed by atoms with Crippen LogP contribution in [0.5, 0.6) is 35.0 Å². The third-order valence-electron chi connectivity index (χ3n) is 10.1. The molecule has 5 N–H and O–H groups in total.